The number of aliphatic imine (C=N–C) groups is 1. The van der Waals surface area contributed by atoms with E-state index in [2.05, 4.69) is 27.9 Å². The average molecular weight is 367 g/mol. The molecule has 1 atom stereocenters. The van der Waals surface area contributed by atoms with Gasteiger partial charge in [-0.3, -0.25) is 9.79 Å². The van der Waals surface area contributed by atoms with E-state index in [0.29, 0.717) is 31.3 Å². The van der Waals surface area contributed by atoms with Gasteiger partial charge in [-0.05, 0) is 45.1 Å². The third-order valence-electron chi connectivity index (χ3n) is 4.09. The first-order valence-electron chi connectivity index (χ1n) is 9.57. The number of hydrogen-bond donors (Lipinski definition) is 4. The summed E-state index contributed by atoms with van der Waals surface area (Å²) in [6.07, 6.45) is 5.26. The summed E-state index contributed by atoms with van der Waals surface area (Å²) in [7, 11) is 0. The van der Waals surface area contributed by atoms with Crippen LogP contribution in [-0.4, -0.2) is 49.8 Å². The number of furan rings is 1. The van der Waals surface area contributed by atoms with Gasteiger partial charge < -0.3 is 25.5 Å². The van der Waals surface area contributed by atoms with E-state index in [-0.39, 0.29) is 12.5 Å². The minimum absolute atomic E-state index is 0.181. The second-order valence-electron chi connectivity index (χ2n) is 6.36. The number of hydrogen-bond acceptors (Lipinski definition) is 4. The lowest BCUT2D eigenvalue weighted by Gasteiger charge is -2.15. The molecule has 1 amide bonds. The molecule has 1 aromatic rings. The van der Waals surface area contributed by atoms with E-state index in [1.165, 1.54) is 6.26 Å². The molecule has 0 radical (unpaired) electrons. The smallest absolute Gasteiger partial charge is 0.287 e. The van der Waals surface area contributed by atoms with Crippen LogP contribution in [0.15, 0.2) is 21.7 Å². The van der Waals surface area contributed by atoms with Crippen molar-refractivity contribution in [1.29, 1.82) is 0 Å². The fraction of sp³-hybridized carbons (Fsp3) is 0.684. The van der Waals surface area contributed by atoms with Crippen molar-refractivity contribution in [1.82, 2.24) is 16.0 Å². The number of carbonyl (C=O) groups is 1. The van der Waals surface area contributed by atoms with Crippen molar-refractivity contribution in [2.24, 2.45) is 10.9 Å². The summed E-state index contributed by atoms with van der Waals surface area (Å²) in [5.74, 6) is 1.38. The van der Waals surface area contributed by atoms with Gasteiger partial charge in [0.1, 0.15) is 0 Å². The van der Waals surface area contributed by atoms with Crippen LogP contribution in [0.25, 0.3) is 0 Å². The first kappa shape index (κ1) is 22.0. The highest BCUT2D eigenvalue weighted by Gasteiger charge is 2.11. The molecule has 1 heterocycles. The normalized spacial score (nSPS) is 12.7. The molecule has 1 aromatic heterocycles. The molecule has 7 heteroatoms. The number of amides is 1. The van der Waals surface area contributed by atoms with E-state index in [1.807, 2.05) is 13.8 Å². The lowest BCUT2D eigenvalue weighted by atomic mass is 10.0. The summed E-state index contributed by atoms with van der Waals surface area (Å²) in [5.41, 5.74) is 0.840. The van der Waals surface area contributed by atoms with Crippen molar-refractivity contribution in [3.63, 3.8) is 0 Å². The molecule has 0 aromatic carbocycles. The zero-order valence-corrected chi connectivity index (χ0v) is 16.3. The molecular weight excluding hydrogens is 332 g/mol. The van der Waals surface area contributed by atoms with Crippen molar-refractivity contribution < 1.29 is 14.3 Å². The van der Waals surface area contributed by atoms with E-state index in [1.54, 1.807) is 6.07 Å². The third kappa shape index (κ3) is 8.38. The van der Waals surface area contributed by atoms with Gasteiger partial charge in [0.15, 0.2) is 11.7 Å². The zero-order valence-electron chi connectivity index (χ0n) is 16.3. The fourth-order valence-corrected chi connectivity index (χ4v) is 2.66. The second kappa shape index (κ2) is 13.2. The summed E-state index contributed by atoms with van der Waals surface area (Å²) in [6, 6.07) is 1.78. The van der Waals surface area contributed by atoms with Gasteiger partial charge >= 0.3 is 0 Å². The Morgan fingerprint density at radius 2 is 2.00 bits per heavy atom. The van der Waals surface area contributed by atoms with Crippen molar-refractivity contribution in [2.75, 3.05) is 32.8 Å². The molecule has 1 unspecified atom stereocenters. The van der Waals surface area contributed by atoms with Crippen molar-refractivity contribution in [3.8, 4) is 0 Å². The molecule has 7 nitrogen and oxygen atoms in total. The van der Waals surface area contributed by atoms with Crippen LogP contribution in [0.1, 0.15) is 55.6 Å². The molecule has 0 spiro atoms. The van der Waals surface area contributed by atoms with E-state index in [9.17, 15) is 4.79 Å². The van der Waals surface area contributed by atoms with Gasteiger partial charge in [0.2, 0.25) is 0 Å². The van der Waals surface area contributed by atoms with Crippen molar-refractivity contribution in [3.05, 3.63) is 23.7 Å². The number of rotatable bonds is 12. The summed E-state index contributed by atoms with van der Waals surface area (Å²) in [6.45, 7) is 9.00. The molecule has 1 rings (SSSR count). The number of aliphatic hydroxyl groups is 1. The van der Waals surface area contributed by atoms with Crippen LogP contribution in [0.4, 0.5) is 0 Å². The van der Waals surface area contributed by atoms with Gasteiger partial charge in [-0.2, -0.15) is 0 Å². The molecular formula is C19H34N4O3. The van der Waals surface area contributed by atoms with Gasteiger partial charge in [0.05, 0.1) is 6.26 Å². The number of aryl methyl sites for hydroxylation is 1. The Bertz CT molecular complexity index is 537. The van der Waals surface area contributed by atoms with Crippen LogP contribution in [0.2, 0.25) is 0 Å². The van der Waals surface area contributed by atoms with Crippen LogP contribution < -0.4 is 16.0 Å². The molecule has 0 aliphatic rings. The Morgan fingerprint density at radius 1 is 1.23 bits per heavy atom. The predicted molar refractivity (Wildman–Crippen MR) is 104 cm³/mol. The summed E-state index contributed by atoms with van der Waals surface area (Å²) in [4.78, 5) is 16.6. The van der Waals surface area contributed by atoms with E-state index in [0.717, 1.165) is 43.8 Å². The van der Waals surface area contributed by atoms with Crippen LogP contribution in [-0.2, 0) is 0 Å². The minimum Gasteiger partial charge on any atom is -0.459 e. The maximum atomic E-state index is 11.9. The molecule has 4 N–H and O–H groups in total. The molecule has 0 fully saturated rings. The van der Waals surface area contributed by atoms with Gasteiger partial charge in [0, 0.05) is 38.3 Å². The number of carbonyl (C=O) groups excluding carboxylic acids is 1. The predicted octanol–water partition coefficient (Wildman–Crippen LogP) is 2.06. The van der Waals surface area contributed by atoms with E-state index >= 15 is 0 Å². The Balaban J connectivity index is 2.32. The van der Waals surface area contributed by atoms with E-state index in [4.69, 9.17) is 9.52 Å². The lowest BCUT2D eigenvalue weighted by Crippen LogP contribution is -2.39. The highest BCUT2D eigenvalue weighted by atomic mass is 16.3. The zero-order chi connectivity index (χ0) is 19.2. The molecule has 0 aliphatic heterocycles. The van der Waals surface area contributed by atoms with Crippen LogP contribution in [0.5, 0.6) is 0 Å². The SMILES string of the molecule is CCCC(CCO)CN=C(NCC)NCCCNC(=O)c1occc1C. The Morgan fingerprint density at radius 3 is 2.62 bits per heavy atom. The molecule has 0 aliphatic carbocycles. The second-order valence-corrected chi connectivity index (χ2v) is 6.36. The van der Waals surface area contributed by atoms with Gasteiger partial charge in [0.25, 0.3) is 5.91 Å². The quantitative estimate of drug-likeness (QED) is 0.258. The number of nitrogens with one attached hydrogen (secondary N) is 3. The van der Waals surface area contributed by atoms with Gasteiger partial charge in [-0.25, -0.2) is 0 Å². The van der Waals surface area contributed by atoms with Crippen LogP contribution >= 0.6 is 0 Å². The number of aliphatic hydroxyl groups excluding tert-OH is 1. The first-order valence-corrected chi connectivity index (χ1v) is 9.57. The summed E-state index contributed by atoms with van der Waals surface area (Å²) < 4.78 is 5.17. The lowest BCUT2D eigenvalue weighted by molar-refractivity contribution is 0.0925. The molecule has 0 bridgehead atoms. The first-order chi connectivity index (χ1) is 12.6. The molecule has 0 saturated heterocycles. The monoisotopic (exact) mass is 366 g/mol. The van der Waals surface area contributed by atoms with Gasteiger partial charge in [-0.1, -0.05) is 13.3 Å². The highest BCUT2D eigenvalue weighted by molar-refractivity contribution is 5.92. The van der Waals surface area contributed by atoms with E-state index < -0.39 is 0 Å². The Kier molecular flexibility index (Phi) is 11.2. The third-order valence-corrected chi connectivity index (χ3v) is 4.09. The number of nitrogens with zero attached hydrogens (tertiary/aromatic N) is 1. The van der Waals surface area contributed by atoms with Gasteiger partial charge in [-0.15, -0.1) is 0 Å². The largest absolute Gasteiger partial charge is 0.459 e. The summed E-state index contributed by atoms with van der Waals surface area (Å²) in [5, 5.41) is 18.5. The van der Waals surface area contributed by atoms with Crippen LogP contribution in [0.3, 0.4) is 0 Å². The summed E-state index contributed by atoms with van der Waals surface area (Å²) >= 11 is 0. The minimum atomic E-state index is -0.181. The Hall–Kier alpha value is -2.02. The van der Waals surface area contributed by atoms with Crippen LogP contribution in [0, 0.1) is 12.8 Å². The maximum absolute atomic E-state index is 11.9. The maximum Gasteiger partial charge on any atom is 0.287 e. The van der Waals surface area contributed by atoms with Crippen molar-refractivity contribution in [2.45, 2.75) is 46.5 Å². The number of guanidine groups is 1. The fourth-order valence-electron chi connectivity index (χ4n) is 2.66. The standard InChI is InChI=1S/C19H34N4O3/c1-4-7-16(8-12-24)14-23-19(20-5-2)22-11-6-10-21-18(25)17-15(3)9-13-26-17/h9,13,16,24H,4-8,10-12,14H2,1-3H3,(H,21,25)(H2,20,22,23). The molecule has 0 saturated carbocycles. The average Bonchev–Trinajstić information content (AvgIpc) is 3.05. The highest BCUT2D eigenvalue weighted by Crippen LogP contribution is 2.11. The molecule has 148 valence electrons. The molecule has 26 heavy (non-hydrogen) atoms. The Labute approximate surface area is 156 Å². The topological polar surface area (TPSA) is 98.9 Å². The van der Waals surface area contributed by atoms with Crippen molar-refractivity contribution >= 4 is 11.9 Å².